The molecule has 0 spiro atoms. The summed E-state index contributed by atoms with van der Waals surface area (Å²) in [4.78, 5) is 15.5. The molecule has 5 rings (SSSR count). The molecule has 180 valence electrons. The molecule has 1 aliphatic rings. The summed E-state index contributed by atoms with van der Waals surface area (Å²) >= 11 is 26.3. The lowest BCUT2D eigenvalue weighted by Crippen LogP contribution is -2.27. The molecule has 0 atom stereocenters. The van der Waals surface area contributed by atoms with Crippen LogP contribution in [-0.2, 0) is 11.4 Å². The van der Waals surface area contributed by atoms with E-state index in [0.717, 1.165) is 36.5 Å². The van der Waals surface area contributed by atoms with Crippen molar-refractivity contribution < 1.29 is 9.53 Å². The zero-order chi connectivity index (χ0) is 25.4. The van der Waals surface area contributed by atoms with Gasteiger partial charge in [0.15, 0.2) is 4.32 Å². The molecule has 1 saturated heterocycles. The van der Waals surface area contributed by atoms with E-state index in [1.54, 1.807) is 17.0 Å². The number of benzene rings is 4. The van der Waals surface area contributed by atoms with Crippen LogP contribution in [0.1, 0.15) is 11.1 Å². The van der Waals surface area contributed by atoms with Crippen LogP contribution >= 0.6 is 79.0 Å². The molecule has 3 nitrogen and oxygen atoms in total. The number of rotatable bonds is 5. The van der Waals surface area contributed by atoms with Gasteiger partial charge in [-0.2, -0.15) is 0 Å². The number of ether oxygens (including phenoxy) is 1. The highest BCUT2D eigenvalue weighted by Crippen LogP contribution is 2.41. The summed E-state index contributed by atoms with van der Waals surface area (Å²) < 4.78 is 7.98. The van der Waals surface area contributed by atoms with Crippen LogP contribution in [0.4, 0.5) is 5.69 Å². The first-order valence-electron chi connectivity index (χ1n) is 10.6. The number of carbonyl (C=O) groups is 1. The van der Waals surface area contributed by atoms with E-state index in [-0.39, 0.29) is 12.5 Å². The van der Waals surface area contributed by atoms with Gasteiger partial charge in [-0.15, -0.1) is 0 Å². The largest absolute Gasteiger partial charge is 0.486 e. The van der Waals surface area contributed by atoms with Gasteiger partial charge >= 0.3 is 0 Å². The van der Waals surface area contributed by atoms with Crippen molar-refractivity contribution >= 4 is 112 Å². The van der Waals surface area contributed by atoms with E-state index in [2.05, 4.69) is 31.9 Å². The maximum Gasteiger partial charge on any atom is 0.270 e. The average Bonchev–Trinajstić information content (AvgIpc) is 3.11. The molecule has 4 aromatic rings. The molecule has 0 aromatic heterocycles. The van der Waals surface area contributed by atoms with Gasteiger partial charge in [-0.1, -0.05) is 89.6 Å². The van der Waals surface area contributed by atoms with Crippen LogP contribution in [0.15, 0.2) is 86.6 Å². The molecule has 36 heavy (non-hydrogen) atoms. The summed E-state index contributed by atoms with van der Waals surface area (Å²) in [6.45, 7) is 0.274. The predicted molar refractivity (Wildman–Crippen MR) is 162 cm³/mol. The molecule has 0 unspecified atom stereocenters. The Morgan fingerprint density at radius 2 is 1.69 bits per heavy atom. The predicted octanol–water partition coefficient (Wildman–Crippen LogP) is 9.66. The maximum atomic E-state index is 13.4. The van der Waals surface area contributed by atoms with E-state index in [1.807, 2.05) is 66.7 Å². The minimum absolute atomic E-state index is 0.147. The number of anilines is 1. The second-order valence-electron chi connectivity index (χ2n) is 7.85. The monoisotopic (exact) mass is 677 g/mol. The Morgan fingerprint density at radius 3 is 2.44 bits per heavy atom. The maximum absolute atomic E-state index is 13.4. The van der Waals surface area contributed by atoms with E-state index in [4.69, 9.17) is 40.2 Å². The number of hydrogen-bond donors (Lipinski definition) is 0. The Hall–Kier alpha value is -1.87. The van der Waals surface area contributed by atoms with Gasteiger partial charge < -0.3 is 4.74 Å². The lowest BCUT2D eigenvalue weighted by atomic mass is 10.1. The molecule has 0 aliphatic carbocycles. The zero-order valence-electron chi connectivity index (χ0n) is 18.3. The fourth-order valence-electron chi connectivity index (χ4n) is 3.82. The van der Waals surface area contributed by atoms with Gasteiger partial charge in [0.05, 0.1) is 19.5 Å². The quantitative estimate of drug-likeness (QED) is 0.155. The fourth-order valence-corrected chi connectivity index (χ4v) is 7.02. The molecule has 1 heterocycles. The Bertz CT molecular complexity index is 1550. The van der Waals surface area contributed by atoms with Crippen molar-refractivity contribution in [1.29, 1.82) is 0 Å². The Morgan fingerprint density at radius 1 is 0.972 bits per heavy atom. The van der Waals surface area contributed by atoms with E-state index in [1.165, 1.54) is 11.8 Å². The van der Waals surface area contributed by atoms with Crippen molar-refractivity contribution in [1.82, 2.24) is 0 Å². The third-order valence-electron chi connectivity index (χ3n) is 5.51. The molecule has 0 N–H and O–H groups in total. The first kappa shape index (κ1) is 25.8. The number of carbonyl (C=O) groups excluding carboxylic acids is 1. The third kappa shape index (κ3) is 5.23. The van der Waals surface area contributed by atoms with E-state index >= 15 is 0 Å². The van der Waals surface area contributed by atoms with Crippen molar-refractivity contribution in [3.63, 3.8) is 0 Å². The number of fused-ring (bicyclic) bond motifs is 1. The molecule has 1 amide bonds. The molecule has 1 fully saturated rings. The lowest BCUT2D eigenvalue weighted by molar-refractivity contribution is -0.113. The number of hydrogen-bond acceptors (Lipinski definition) is 4. The van der Waals surface area contributed by atoms with Crippen molar-refractivity contribution in [3.05, 3.63) is 108 Å². The molecule has 0 radical (unpaired) electrons. The Labute approximate surface area is 244 Å². The second kappa shape index (κ2) is 10.9. The number of thiocarbonyl (C=S) groups is 1. The SMILES string of the molecule is O=C1/C(=C/c2cc(Br)c(OCc3ccc(Cl)cc3Cl)c(Br)c2)SC(=S)N1c1cccc2ccccc12. The van der Waals surface area contributed by atoms with Crippen molar-refractivity contribution in [3.8, 4) is 5.75 Å². The molecule has 1 aliphatic heterocycles. The van der Waals surface area contributed by atoms with Crippen LogP contribution in [0, 0.1) is 0 Å². The average molecular weight is 680 g/mol. The highest BCUT2D eigenvalue weighted by Gasteiger charge is 2.34. The molecular weight excluding hydrogens is 665 g/mol. The standard InChI is InChI=1S/C27H15Br2Cl2NO2S2/c28-20-10-15(11-21(29)25(20)34-14-17-8-9-18(30)13-22(17)31)12-24-26(33)32(27(35)36-24)23-7-3-5-16-4-1-2-6-19(16)23/h1-13H,14H2/b24-12-. The minimum atomic E-state index is -0.147. The van der Waals surface area contributed by atoms with Gasteiger partial charge in [-0.05, 0) is 79.2 Å². The summed E-state index contributed by atoms with van der Waals surface area (Å²) in [7, 11) is 0. The van der Waals surface area contributed by atoms with Gasteiger partial charge in [-0.3, -0.25) is 9.69 Å². The van der Waals surface area contributed by atoms with Crippen LogP contribution in [0.2, 0.25) is 10.0 Å². The number of thioether (sulfide) groups is 1. The third-order valence-corrected chi connectivity index (χ3v) is 8.57. The smallest absolute Gasteiger partial charge is 0.270 e. The van der Waals surface area contributed by atoms with Crippen LogP contribution in [0.5, 0.6) is 5.75 Å². The summed E-state index contributed by atoms with van der Waals surface area (Å²) in [5.41, 5.74) is 2.43. The van der Waals surface area contributed by atoms with Crippen LogP contribution in [-0.4, -0.2) is 10.2 Å². The second-order valence-corrected chi connectivity index (χ2v) is 12.1. The fraction of sp³-hybridized carbons (Fsp3) is 0.0370. The summed E-state index contributed by atoms with van der Waals surface area (Å²) in [5, 5.41) is 3.14. The number of amides is 1. The first-order chi connectivity index (χ1) is 17.3. The number of nitrogens with zero attached hydrogens (tertiary/aromatic N) is 1. The molecule has 0 bridgehead atoms. The van der Waals surface area contributed by atoms with Crippen molar-refractivity contribution in [2.24, 2.45) is 0 Å². The zero-order valence-corrected chi connectivity index (χ0v) is 24.6. The van der Waals surface area contributed by atoms with Crippen molar-refractivity contribution in [2.75, 3.05) is 4.90 Å². The van der Waals surface area contributed by atoms with Gasteiger partial charge in [0.25, 0.3) is 5.91 Å². The van der Waals surface area contributed by atoms with Gasteiger partial charge in [0, 0.05) is 21.0 Å². The molecule has 4 aromatic carbocycles. The van der Waals surface area contributed by atoms with Gasteiger partial charge in [0.1, 0.15) is 12.4 Å². The van der Waals surface area contributed by atoms with E-state index in [9.17, 15) is 4.79 Å². The highest BCUT2D eigenvalue weighted by atomic mass is 79.9. The van der Waals surface area contributed by atoms with Crippen LogP contribution in [0.3, 0.4) is 0 Å². The van der Waals surface area contributed by atoms with Gasteiger partial charge in [-0.25, -0.2) is 0 Å². The first-order valence-corrected chi connectivity index (χ1v) is 14.2. The molecule has 0 saturated carbocycles. The highest BCUT2D eigenvalue weighted by molar-refractivity contribution is 9.11. The Kier molecular flexibility index (Phi) is 7.77. The van der Waals surface area contributed by atoms with Crippen molar-refractivity contribution in [2.45, 2.75) is 6.61 Å². The topological polar surface area (TPSA) is 29.5 Å². The summed E-state index contributed by atoms with van der Waals surface area (Å²) in [6.07, 6.45) is 1.83. The van der Waals surface area contributed by atoms with Crippen LogP contribution < -0.4 is 9.64 Å². The van der Waals surface area contributed by atoms with Crippen LogP contribution in [0.25, 0.3) is 16.8 Å². The summed E-state index contributed by atoms with van der Waals surface area (Å²) in [6, 6.07) is 22.9. The van der Waals surface area contributed by atoms with E-state index in [0.29, 0.717) is 25.0 Å². The summed E-state index contributed by atoms with van der Waals surface area (Å²) in [5.74, 6) is 0.479. The minimum Gasteiger partial charge on any atom is -0.486 e. The van der Waals surface area contributed by atoms with Gasteiger partial charge in [0.2, 0.25) is 0 Å². The Balaban J connectivity index is 1.40. The number of halogens is 4. The molecule has 9 heteroatoms. The lowest BCUT2D eigenvalue weighted by Gasteiger charge is -2.17. The normalized spacial score (nSPS) is 14.8. The molecular formula is C27H15Br2Cl2NO2S2. The van der Waals surface area contributed by atoms with E-state index < -0.39 is 0 Å².